The maximum atomic E-state index is 6.36. The van der Waals surface area contributed by atoms with Crippen molar-refractivity contribution >= 4 is 0 Å². The lowest BCUT2D eigenvalue weighted by molar-refractivity contribution is 0.364. The van der Waals surface area contributed by atoms with E-state index < -0.39 is 0 Å². The first-order valence-electron chi connectivity index (χ1n) is 11.5. The third kappa shape index (κ3) is 3.89. The minimum atomic E-state index is 0.0572. The maximum Gasteiger partial charge on any atom is 0.118 e. The fraction of sp³-hybridized carbons (Fsp3) is 0.357. The first-order chi connectivity index (χ1) is 15.7. The van der Waals surface area contributed by atoms with Gasteiger partial charge in [-0.15, -0.1) is 0 Å². The molecule has 2 atom stereocenters. The summed E-state index contributed by atoms with van der Waals surface area (Å²) in [4.78, 5) is 0. The van der Waals surface area contributed by atoms with Crippen LogP contribution in [0.5, 0.6) is 11.5 Å². The third-order valence-electron chi connectivity index (χ3n) is 7.47. The number of ether oxygens (including phenoxy) is 2. The van der Waals surface area contributed by atoms with Crippen LogP contribution in [0.25, 0.3) is 0 Å². The van der Waals surface area contributed by atoms with Gasteiger partial charge in [0.25, 0.3) is 0 Å². The Hall–Kier alpha value is -2.82. The van der Waals surface area contributed by atoms with E-state index in [9.17, 15) is 0 Å². The highest BCUT2D eigenvalue weighted by molar-refractivity contribution is 5.40. The molecule has 1 unspecified atom stereocenters. The topological polar surface area (TPSA) is 56.5 Å². The highest BCUT2D eigenvalue weighted by Gasteiger charge is 2.59. The maximum absolute atomic E-state index is 6.36. The summed E-state index contributed by atoms with van der Waals surface area (Å²) in [6, 6.07) is 25.9. The Morgan fingerprint density at radius 1 is 0.844 bits per heavy atom. The molecule has 32 heavy (non-hydrogen) atoms. The summed E-state index contributed by atoms with van der Waals surface area (Å²) in [6.07, 6.45) is 3.61. The van der Waals surface area contributed by atoms with Crippen LogP contribution in [0, 0.1) is 11.3 Å². The van der Waals surface area contributed by atoms with Crippen LogP contribution < -0.4 is 20.5 Å². The Morgan fingerprint density at radius 3 is 1.78 bits per heavy atom. The van der Waals surface area contributed by atoms with Crippen LogP contribution in [-0.2, 0) is 12.8 Å². The second-order valence-corrected chi connectivity index (χ2v) is 9.28. The predicted octanol–water partition coefficient (Wildman–Crippen LogP) is 4.52. The van der Waals surface area contributed by atoms with Crippen molar-refractivity contribution in [3.63, 3.8) is 0 Å². The van der Waals surface area contributed by atoms with Crippen LogP contribution in [-0.4, -0.2) is 26.8 Å². The molecule has 166 valence electrons. The van der Waals surface area contributed by atoms with Crippen LogP contribution in [0.2, 0.25) is 0 Å². The standard InChI is InChI=1S/C28H32N2O2/c1-31-23-11-7-19(8-12-23)27(20-9-13-24(32-2)14-10-20)30-26(18-29)25-17-28(25)15-21-5-3-4-6-22(21)16-28/h3-14,25-27,30H,15-18,29H2,1-2H3/t25?,26-/m0/s1. The fourth-order valence-corrected chi connectivity index (χ4v) is 5.62. The van der Waals surface area contributed by atoms with Gasteiger partial charge in [-0.2, -0.15) is 0 Å². The fourth-order valence-electron chi connectivity index (χ4n) is 5.62. The molecule has 0 aliphatic heterocycles. The molecule has 0 saturated heterocycles. The van der Waals surface area contributed by atoms with Crippen molar-refractivity contribution in [1.82, 2.24) is 5.32 Å². The number of nitrogens with one attached hydrogen (secondary N) is 1. The predicted molar refractivity (Wildman–Crippen MR) is 128 cm³/mol. The first-order valence-corrected chi connectivity index (χ1v) is 11.5. The minimum Gasteiger partial charge on any atom is -0.497 e. The Balaban J connectivity index is 1.40. The zero-order valence-corrected chi connectivity index (χ0v) is 18.9. The average molecular weight is 429 g/mol. The lowest BCUT2D eigenvalue weighted by Gasteiger charge is -2.28. The van der Waals surface area contributed by atoms with Gasteiger partial charge >= 0.3 is 0 Å². The van der Waals surface area contributed by atoms with E-state index in [1.54, 1.807) is 14.2 Å². The SMILES string of the molecule is COc1ccc(C(N[C@@H](CN)C2CC23Cc2ccccc2C3)c2ccc(OC)cc2)cc1. The monoisotopic (exact) mass is 428 g/mol. The van der Waals surface area contributed by atoms with Crippen LogP contribution in [0.15, 0.2) is 72.8 Å². The number of nitrogens with two attached hydrogens (primary N) is 1. The van der Waals surface area contributed by atoms with Crippen molar-refractivity contribution in [3.05, 3.63) is 95.1 Å². The van der Waals surface area contributed by atoms with Crippen molar-refractivity contribution in [2.75, 3.05) is 20.8 Å². The quantitative estimate of drug-likeness (QED) is 0.554. The molecule has 2 aliphatic carbocycles. The summed E-state index contributed by atoms with van der Waals surface area (Å²) in [5.41, 5.74) is 12.2. The second kappa shape index (κ2) is 8.61. The van der Waals surface area contributed by atoms with Gasteiger partial charge in [0.05, 0.1) is 20.3 Å². The van der Waals surface area contributed by atoms with Gasteiger partial charge in [0, 0.05) is 12.6 Å². The van der Waals surface area contributed by atoms with E-state index in [1.807, 2.05) is 24.3 Å². The molecular weight excluding hydrogens is 396 g/mol. The van der Waals surface area contributed by atoms with Crippen LogP contribution >= 0.6 is 0 Å². The van der Waals surface area contributed by atoms with Crippen molar-refractivity contribution in [1.29, 1.82) is 0 Å². The highest BCUT2D eigenvalue weighted by Crippen LogP contribution is 2.62. The van der Waals surface area contributed by atoms with Crippen molar-refractivity contribution in [3.8, 4) is 11.5 Å². The normalized spacial score (nSPS) is 19.1. The molecule has 0 radical (unpaired) electrons. The van der Waals surface area contributed by atoms with E-state index >= 15 is 0 Å². The summed E-state index contributed by atoms with van der Waals surface area (Å²) < 4.78 is 10.7. The highest BCUT2D eigenvalue weighted by atomic mass is 16.5. The Bertz CT molecular complexity index is 989. The average Bonchev–Trinajstić information content (AvgIpc) is 3.39. The smallest absolute Gasteiger partial charge is 0.118 e. The second-order valence-electron chi connectivity index (χ2n) is 9.28. The van der Waals surface area contributed by atoms with Crippen LogP contribution in [0.3, 0.4) is 0 Å². The molecule has 0 bridgehead atoms. The first kappa shape index (κ1) is 21.0. The van der Waals surface area contributed by atoms with E-state index in [0.717, 1.165) is 11.5 Å². The third-order valence-corrected chi connectivity index (χ3v) is 7.47. The molecule has 5 rings (SSSR count). The lowest BCUT2D eigenvalue weighted by Crippen LogP contribution is -2.42. The number of hydrogen-bond acceptors (Lipinski definition) is 4. The summed E-state index contributed by atoms with van der Waals surface area (Å²) in [5, 5.41) is 3.94. The van der Waals surface area contributed by atoms with Crippen LogP contribution in [0.4, 0.5) is 0 Å². The van der Waals surface area contributed by atoms with E-state index in [0.29, 0.717) is 17.9 Å². The van der Waals surface area contributed by atoms with E-state index in [-0.39, 0.29) is 12.1 Å². The molecule has 1 saturated carbocycles. The van der Waals surface area contributed by atoms with Crippen molar-refractivity contribution in [2.45, 2.75) is 31.3 Å². The number of fused-ring (bicyclic) bond motifs is 1. The molecule has 1 fully saturated rings. The molecule has 0 heterocycles. The molecule has 1 spiro atoms. The molecule has 0 aromatic heterocycles. The number of rotatable bonds is 8. The van der Waals surface area contributed by atoms with E-state index in [4.69, 9.17) is 15.2 Å². The largest absolute Gasteiger partial charge is 0.497 e. The summed E-state index contributed by atoms with van der Waals surface area (Å²) in [5.74, 6) is 2.32. The van der Waals surface area contributed by atoms with Gasteiger partial charge in [-0.05, 0) is 77.1 Å². The molecule has 3 N–H and O–H groups in total. The number of methoxy groups -OCH3 is 2. The van der Waals surface area contributed by atoms with Gasteiger partial charge in [-0.25, -0.2) is 0 Å². The molecule has 0 amide bonds. The van der Waals surface area contributed by atoms with Gasteiger partial charge in [-0.3, -0.25) is 0 Å². The Kier molecular flexibility index (Phi) is 5.66. The number of benzene rings is 3. The van der Waals surface area contributed by atoms with Gasteiger partial charge in [-0.1, -0.05) is 48.5 Å². The Labute approximate surface area is 190 Å². The molecule has 4 heteroatoms. The van der Waals surface area contributed by atoms with Gasteiger partial charge < -0.3 is 20.5 Å². The zero-order chi connectivity index (χ0) is 22.1. The van der Waals surface area contributed by atoms with Gasteiger partial charge in [0.15, 0.2) is 0 Å². The molecular formula is C28H32N2O2. The summed E-state index contributed by atoms with van der Waals surface area (Å²) in [6.45, 7) is 0.631. The number of hydrogen-bond donors (Lipinski definition) is 2. The van der Waals surface area contributed by atoms with Crippen molar-refractivity contribution in [2.24, 2.45) is 17.1 Å². The van der Waals surface area contributed by atoms with Crippen LogP contribution in [0.1, 0.15) is 34.7 Å². The zero-order valence-electron chi connectivity index (χ0n) is 18.9. The summed E-state index contributed by atoms with van der Waals surface area (Å²) >= 11 is 0. The molecule has 3 aromatic carbocycles. The summed E-state index contributed by atoms with van der Waals surface area (Å²) in [7, 11) is 3.40. The molecule has 4 nitrogen and oxygen atoms in total. The van der Waals surface area contributed by atoms with Gasteiger partial charge in [0.2, 0.25) is 0 Å². The lowest BCUT2D eigenvalue weighted by atomic mass is 9.93. The van der Waals surface area contributed by atoms with E-state index in [2.05, 4.69) is 53.8 Å². The van der Waals surface area contributed by atoms with Gasteiger partial charge in [0.1, 0.15) is 11.5 Å². The Morgan fingerprint density at radius 2 is 1.34 bits per heavy atom. The van der Waals surface area contributed by atoms with E-state index in [1.165, 1.54) is 41.5 Å². The molecule has 3 aromatic rings. The minimum absolute atomic E-state index is 0.0572. The van der Waals surface area contributed by atoms with Crippen molar-refractivity contribution < 1.29 is 9.47 Å². The molecule has 2 aliphatic rings.